The van der Waals surface area contributed by atoms with E-state index in [0.29, 0.717) is 59.1 Å². The molecule has 59 heavy (non-hydrogen) atoms. The third-order valence-electron chi connectivity index (χ3n) is 13.8. The molecule has 2 aromatic carbocycles. The van der Waals surface area contributed by atoms with Gasteiger partial charge in [-0.1, -0.05) is 16.8 Å². The molecule has 15 nitrogen and oxygen atoms in total. The number of carbonyl (C=O) groups is 5. The van der Waals surface area contributed by atoms with E-state index in [-0.39, 0.29) is 48.0 Å². The number of hydrogen-bond acceptors (Lipinski definition) is 11. The highest BCUT2D eigenvalue weighted by atomic mass is 35.5. The van der Waals surface area contributed by atoms with E-state index in [4.69, 9.17) is 27.3 Å². The Bertz CT molecular complexity index is 2220. The molecule has 1 atom stereocenters. The topological polar surface area (TPSA) is 188 Å². The van der Waals surface area contributed by atoms with Gasteiger partial charge in [0.2, 0.25) is 5.91 Å². The first-order valence-corrected chi connectivity index (χ1v) is 21.3. The van der Waals surface area contributed by atoms with Gasteiger partial charge in [0.15, 0.2) is 5.69 Å². The molecule has 4 aliphatic heterocycles. The number of piperidine rings is 2. The van der Waals surface area contributed by atoms with Crippen LogP contribution in [0.15, 0.2) is 42.6 Å². The molecule has 1 spiro atoms. The van der Waals surface area contributed by atoms with Crippen molar-refractivity contribution in [3.63, 3.8) is 0 Å². The van der Waals surface area contributed by atoms with E-state index < -0.39 is 29.7 Å². The fourth-order valence-electron chi connectivity index (χ4n) is 10.4. The van der Waals surface area contributed by atoms with Crippen molar-refractivity contribution in [3.8, 4) is 11.8 Å². The molecule has 9 rings (SSSR count). The van der Waals surface area contributed by atoms with Gasteiger partial charge in [-0.2, -0.15) is 5.26 Å². The summed E-state index contributed by atoms with van der Waals surface area (Å²) in [4.78, 5) is 73.6. The molecule has 2 aliphatic carbocycles. The van der Waals surface area contributed by atoms with Crippen LogP contribution in [0.1, 0.15) is 120 Å². The van der Waals surface area contributed by atoms with Gasteiger partial charge < -0.3 is 20.3 Å². The highest BCUT2D eigenvalue weighted by Gasteiger charge is 2.50. The minimum absolute atomic E-state index is 0.0774. The molecule has 0 bridgehead atoms. The zero-order valence-corrected chi connectivity index (χ0v) is 33.7. The molecule has 3 saturated heterocycles. The molecule has 5 amide bonds. The van der Waals surface area contributed by atoms with E-state index in [9.17, 15) is 24.0 Å². The summed E-state index contributed by atoms with van der Waals surface area (Å²) >= 11 is 6.18. The first-order valence-electron chi connectivity index (χ1n) is 20.9. The fraction of sp³-hybridized carbons (Fsp3) is 0.535. The Kier molecular flexibility index (Phi) is 10.4. The molecule has 1 aromatic heterocycles. The summed E-state index contributed by atoms with van der Waals surface area (Å²) < 4.78 is 7.91. The highest BCUT2D eigenvalue weighted by molar-refractivity contribution is 6.31. The summed E-state index contributed by atoms with van der Waals surface area (Å²) in [5.74, 6) is -1.09. The fourth-order valence-corrected chi connectivity index (χ4v) is 10.6. The summed E-state index contributed by atoms with van der Waals surface area (Å²) in [6.07, 6.45) is 10.5. The van der Waals surface area contributed by atoms with E-state index in [1.807, 2.05) is 12.1 Å². The first kappa shape index (κ1) is 39.1. The van der Waals surface area contributed by atoms with Crippen molar-refractivity contribution in [2.24, 2.45) is 17.1 Å². The predicted molar refractivity (Wildman–Crippen MR) is 215 cm³/mol. The van der Waals surface area contributed by atoms with Gasteiger partial charge in [-0.05, 0) is 120 Å². The van der Waals surface area contributed by atoms with Crippen LogP contribution >= 0.6 is 11.6 Å². The number of primary amides is 1. The van der Waals surface area contributed by atoms with E-state index in [1.165, 1.54) is 4.90 Å². The summed E-state index contributed by atoms with van der Waals surface area (Å²) in [6.45, 7) is 5.01. The number of fused-ring (bicyclic) bond motifs is 1. The SMILES string of the molecule is N#Cc1ccc(OC2CCC(N3C(=O)CCC(N4C(=O)c5ccc(N6CC7(CCN(CC8CCC(n9cc(C(N)=O)nn9)CC8)CC7)C6)cc5C4=O)C3=O)CC2)cc1Cl. The van der Waals surface area contributed by atoms with Gasteiger partial charge in [0, 0.05) is 49.3 Å². The smallest absolute Gasteiger partial charge is 0.270 e. The van der Waals surface area contributed by atoms with Crippen molar-refractivity contribution < 1.29 is 28.7 Å². The number of rotatable bonds is 9. The van der Waals surface area contributed by atoms with Gasteiger partial charge >= 0.3 is 0 Å². The Morgan fingerprint density at radius 1 is 0.881 bits per heavy atom. The zero-order valence-electron chi connectivity index (χ0n) is 32.9. The molecular weight excluding hydrogens is 774 g/mol. The lowest BCUT2D eigenvalue weighted by molar-refractivity contribution is -0.155. The molecular formula is C43H48ClN9O6. The molecule has 2 N–H and O–H groups in total. The number of aromatic nitrogens is 3. The Hall–Kier alpha value is -5.33. The molecule has 1 unspecified atom stereocenters. The number of halogens is 1. The molecule has 5 heterocycles. The largest absolute Gasteiger partial charge is 0.490 e. The standard InChI is InChI=1S/C43H48ClN9O6/c44-35-20-32(9-3-27(35)21-45)59-31-10-6-29(7-11-31)52-38(54)14-13-37(42(52)58)53-40(56)33-12-8-30(19-34(33)41(53)57)50-24-43(25-50)15-17-49(18-16-43)22-26-1-4-28(5-2-26)51-23-36(39(46)55)47-48-51/h3,8-9,12,19-20,23,26,28-29,31,37H,1-2,4-7,10-11,13-18,22,24-25H2,(H2,46,55). The number of nitrogens with two attached hydrogens (primary N) is 1. The molecule has 0 radical (unpaired) electrons. The van der Waals surface area contributed by atoms with Crippen molar-refractivity contribution in [3.05, 3.63) is 70.0 Å². The molecule has 5 fully saturated rings. The number of benzene rings is 2. The van der Waals surface area contributed by atoms with Crippen LogP contribution in [-0.2, 0) is 9.59 Å². The normalized spacial score (nSPS) is 27.1. The van der Waals surface area contributed by atoms with Crippen molar-refractivity contribution in [1.82, 2.24) is 29.7 Å². The van der Waals surface area contributed by atoms with E-state index in [2.05, 4.69) is 20.1 Å². The van der Waals surface area contributed by atoms with Crippen LogP contribution in [-0.4, -0.2) is 110 Å². The molecule has 2 saturated carbocycles. The number of ether oxygens (including phenoxy) is 1. The number of carbonyl (C=O) groups excluding carboxylic acids is 5. The van der Waals surface area contributed by atoms with E-state index in [0.717, 1.165) is 81.8 Å². The number of nitriles is 1. The minimum atomic E-state index is -1.03. The van der Waals surface area contributed by atoms with Gasteiger partial charge in [-0.25, -0.2) is 4.68 Å². The third kappa shape index (κ3) is 7.46. The second-order valence-electron chi connectivity index (χ2n) is 17.4. The monoisotopic (exact) mass is 821 g/mol. The van der Waals surface area contributed by atoms with Crippen molar-refractivity contribution in [1.29, 1.82) is 5.26 Å². The van der Waals surface area contributed by atoms with Gasteiger partial charge in [-0.3, -0.25) is 33.8 Å². The molecule has 3 aromatic rings. The predicted octanol–water partition coefficient (Wildman–Crippen LogP) is 4.74. The summed E-state index contributed by atoms with van der Waals surface area (Å²) in [6, 6.07) is 11.3. The minimum Gasteiger partial charge on any atom is -0.490 e. The highest BCUT2D eigenvalue weighted by Crippen LogP contribution is 2.44. The maximum absolute atomic E-state index is 14.0. The maximum atomic E-state index is 14.0. The Labute approximate surface area is 347 Å². The van der Waals surface area contributed by atoms with Gasteiger partial charge in [0.25, 0.3) is 23.6 Å². The van der Waals surface area contributed by atoms with Crippen LogP contribution in [0, 0.1) is 22.7 Å². The van der Waals surface area contributed by atoms with Crippen LogP contribution in [0.4, 0.5) is 5.69 Å². The van der Waals surface area contributed by atoms with E-state index >= 15 is 0 Å². The van der Waals surface area contributed by atoms with Crippen molar-refractivity contribution in [2.45, 2.75) is 101 Å². The summed E-state index contributed by atoms with van der Waals surface area (Å²) in [7, 11) is 0. The van der Waals surface area contributed by atoms with Crippen LogP contribution in [0.3, 0.4) is 0 Å². The number of likely N-dealkylation sites (tertiary alicyclic amines) is 2. The van der Waals surface area contributed by atoms with Crippen LogP contribution in [0.2, 0.25) is 5.02 Å². The number of hydrogen-bond donors (Lipinski definition) is 1. The van der Waals surface area contributed by atoms with E-state index in [1.54, 1.807) is 41.2 Å². The number of nitrogens with zero attached hydrogens (tertiary/aromatic N) is 8. The van der Waals surface area contributed by atoms with Crippen LogP contribution < -0.4 is 15.4 Å². The Balaban J connectivity index is 0.761. The second kappa shape index (κ2) is 15.7. The third-order valence-corrected chi connectivity index (χ3v) is 14.1. The molecule has 308 valence electrons. The van der Waals surface area contributed by atoms with Crippen LogP contribution in [0.5, 0.6) is 5.75 Å². The van der Waals surface area contributed by atoms with Crippen molar-refractivity contribution in [2.75, 3.05) is 37.6 Å². The van der Waals surface area contributed by atoms with Gasteiger partial charge in [0.1, 0.15) is 17.9 Å². The lowest BCUT2D eigenvalue weighted by Gasteiger charge is -2.55. The quantitative estimate of drug-likeness (QED) is 0.294. The average molecular weight is 822 g/mol. The number of imide groups is 2. The average Bonchev–Trinajstić information content (AvgIpc) is 3.82. The van der Waals surface area contributed by atoms with Crippen LogP contribution in [0.25, 0.3) is 0 Å². The Morgan fingerprint density at radius 3 is 2.27 bits per heavy atom. The first-order chi connectivity index (χ1) is 28.5. The summed E-state index contributed by atoms with van der Waals surface area (Å²) in [5, 5.41) is 17.5. The van der Waals surface area contributed by atoms with Gasteiger partial charge in [0.05, 0.1) is 40.1 Å². The number of amides is 5. The second-order valence-corrected chi connectivity index (χ2v) is 17.9. The lowest BCUT2D eigenvalue weighted by Crippen LogP contribution is -2.60. The zero-order chi connectivity index (χ0) is 41.0. The van der Waals surface area contributed by atoms with Crippen molar-refractivity contribution >= 4 is 46.8 Å². The van der Waals surface area contributed by atoms with Gasteiger partial charge in [-0.15, -0.1) is 5.10 Å². The lowest BCUT2D eigenvalue weighted by atomic mass is 9.71. The number of anilines is 1. The Morgan fingerprint density at radius 2 is 1.59 bits per heavy atom. The molecule has 16 heteroatoms. The summed E-state index contributed by atoms with van der Waals surface area (Å²) in [5.41, 5.74) is 7.67. The molecule has 6 aliphatic rings. The maximum Gasteiger partial charge on any atom is 0.270 e.